The average molecular weight is 1540 g/mol. The molecule has 0 N–H and O–H groups in total. The van der Waals surface area contributed by atoms with Crippen LogP contribution in [0.2, 0.25) is 0 Å². The van der Waals surface area contributed by atoms with E-state index in [4.69, 9.17) is 28.4 Å². The molecule has 0 aliphatic rings. The normalized spacial score (nSPS) is 12.7. The second kappa shape index (κ2) is 32.2. The lowest BCUT2D eigenvalue weighted by Gasteiger charge is -2.46. The van der Waals surface area contributed by atoms with Gasteiger partial charge in [-0.25, -0.2) is 0 Å². The van der Waals surface area contributed by atoms with Crippen molar-refractivity contribution in [3.05, 3.63) is 281 Å². The predicted molar refractivity (Wildman–Crippen MR) is 344 cm³/mol. The molecule has 0 aliphatic heterocycles. The lowest BCUT2D eigenvalue weighted by atomic mass is 9.12. The van der Waals surface area contributed by atoms with Crippen molar-refractivity contribution in [2.75, 3.05) is 39.6 Å². The minimum absolute atomic E-state index is 0.382. The quantitative estimate of drug-likeness (QED) is 0.0292. The van der Waals surface area contributed by atoms with E-state index in [1.165, 1.54) is 0 Å². The largest absolute Gasteiger partial charge is 0.490 e. The van der Waals surface area contributed by atoms with Crippen molar-refractivity contribution in [1.29, 1.82) is 0 Å². The number of halogens is 24. The SMILES string of the molecule is FC(F)(F)c1cc([B-](c2cc(C(F)(F)F)cc(C(F)(F)F)c2)(c2cc(C(F)(F)F)cc(C(F)(F)F)c2)c2cc(C(F)(F)F)cc(C(F)(F)F)c2)cc(C(F)(F)F)c1.c1ccc(OCCOc2ccccc2[S+](c2ccccc2OCCOc2ccccc2)c2ccccc2OCCOc2ccccc2)cc1. The van der Waals surface area contributed by atoms with Crippen LogP contribution in [0.4, 0.5) is 105 Å². The number of benzene rings is 10. The van der Waals surface area contributed by atoms with Gasteiger partial charge in [-0.1, -0.05) is 140 Å². The Bertz CT molecular complexity index is 3930. The fourth-order valence-electron chi connectivity index (χ4n) is 11.1. The van der Waals surface area contributed by atoms with Crippen LogP contribution in [0, 0.1) is 0 Å². The summed E-state index contributed by atoms with van der Waals surface area (Å²) in [4.78, 5) is 3.03. The smallest absolute Gasteiger partial charge is 0.416 e. The summed E-state index contributed by atoms with van der Waals surface area (Å²) in [5, 5.41) is 0. The molecule has 0 amide bonds. The van der Waals surface area contributed by atoms with Crippen LogP contribution in [0.25, 0.3) is 0 Å². The van der Waals surface area contributed by atoms with Crippen LogP contribution in [0.3, 0.4) is 0 Å². The van der Waals surface area contributed by atoms with Gasteiger partial charge in [0.05, 0.1) is 44.5 Å². The van der Waals surface area contributed by atoms with E-state index in [2.05, 4.69) is 18.2 Å². The number of para-hydroxylation sites is 6. The third-order valence-corrected chi connectivity index (χ3v) is 18.0. The molecule has 10 aromatic rings. The molecule has 560 valence electrons. The Labute approximate surface area is 589 Å². The highest BCUT2D eigenvalue weighted by molar-refractivity contribution is 7.97. The van der Waals surface area contributed by atoms with Gasteiger partial charge in [-0.2, -0.15) is 127 Å². The molecule has 0 aromatic heterocycles. The Morgan fingerprint density at radius 1 is 0.208 bits per heavy atom. The van der Waals surface area contributed by atoms with Crippen molar-refractivity contribution >= 4 is 38.9 Å². The molecule has 0 fully saturated rings. The van der Waals surface area contributed by atoms with Gasteiger partial charge in [0.1, 0.15) is 73.9 Å². The maximum atomic E-state index is 14.2. The zero-order valence-corrected chi connectivity index (χ0v) is 54.6. The maximum Gasteiger partial charge on any atom is 0.416 e. The fourth-order valence-corrected chi connectivity index (χ4v) is 13.5. The molecule has 0 bridgehead atoms. The summed E-state index contributed by atoms with van der Waals surface area (Å²) in [6.07, 6.45) is -54.8. The topological polar surface area (TPSA) is 55.4 Å². The highest BCUT2D eigenvalue weighted by atomic mass is 32.2. The molecule has 10 rings (SSSR count). The van der Waals surface area contributed by atoms with Gasteiger partial charge in [0.15, 0.2) is 17.2 Å². The molecule has 0 unspecified atom stereocenters. The van der Waals surface area contributed by atoms with Gasteiger partial charge in [-0.05, 0) is 97.1 Å². The van der Waals surface area contributed by atoms with Gasteiger partial charge in [0, 0.05) is 0 Å². The van der Waals surface area contributed by atoms with Crippen LogP contribution in [0.1, 0.15) is 44.5 Å². The number of ether oxygens (including phenoxy) is 6. The molecule has 0 aliphatic carbocycles. The molecule has 0 radical (unpaired) electrons. The summed E-state index contributed by atoms with van der Waals surface area (Å²) in [5.74, 6) is 4.74. The van der Waals surface area contributed by atoms with E-state index in [0.717, 1.165) is 49.2 Å². The van der Waals surface area contributed by atoms with Crippen molar-refractivity contribution in [2.45, 2.75) is 64.1 Å². The van der Waals surface area contributed by atoms with Crippen molar-refractivity contribution in [1.82, 2.24) is 0 Å². The highest BCUT2D eigenvalue weighted by Crippen LogP contribution is 2.46. The standard InChI is InChI=1S/C42H39O6S.C32H12BF24/c1-4-16-34(17-5-1)43-28-31-46-37-22-10-13-25-40(37)49(41-26-14-11-23-38(41)47-32-29-44-35-18-6-2-7-19-35)42-27-15-12-24-39(42)48-33-30-45-36-20-8-3-9-21-36;34-25(35,36)13-1-14(26(37,38)39)6-21(5-13)33(22-7-15(27(40,41)42)2-16(8-22)28(43,44)45,23-9-17(29(46,47)48)3-18(10-23)30(49,50)51)24-11-19(31(52,53)54)4-20(12-24)32(55,56)57/h1-27H,28-33H2;1-12H/q+1;-1. The van der Waals surface area contributed by atoms with E-state index in [1.807, 2.05) is 146 Å². The van der Waals surface area contributed by atoms with Crippen molar-refractivity contribution in [2.24, 2.45) is 0 Å². The fraction of sp³-hybridized carbons (Fsp3) is 0.189. The van der Waals surface area contributed by atoms with Gasteiger partial charge in [-0.3, -0.25) is 0 Å². The summed E-state index contributed by atoms with van der Waals surface area (Å²) in [6, 6.07) is 44.9. The van der Waals surface area contributed by atoms with Crippen LogP contribution >= 0.6 is 0 Å². The van der Waals surface area contributed by atoms with Gasteiger partial charge in [0.25, 0.3) is 0 Å². The van der Waals surface area contributed by atoms with Gasteiger partial charge in [-0.15, -0.1) is 0 Å². The molecule has 0 heterocycles. The van der Waals surface area contributed by atoms with Crippen molar-refractivity contribution in [3.63, 3.8) is 0 Å². The Morgan fingerprint density at radius 3 is 0.566 bits per heavy atom. The Hall–Kier alpha value is -10.3. The number of alkyl halides is 24. The molecule has 0 saturated carbocycles. The predicted octanol–water partition coefficient (Wildman–Crippen LogP) is 20.4. The Morgan fingerprint density at radius 2 is 0.377 bits per heavy atom. The minimum Gasteiger partial charge on any atom is -0.490 e. The minimum atomic E-state index is -6.13. The van der Waals surface area contributed by atoms with Crippen LogP contribution in [0.15, 0.2) is 251 Å². The van der Waals surface area contributed by atoms with Gasteiger partial charge >= 0.3 is 49.4 Å². The first-order valence-corrected chi connectivity index (χ1v) is 32.1. The average Bonchev–Trinajstić information content (AvgIpc) is 0.706. The van der Waals surface area contributed by atoms with E-state index >= 15 is 0 Å². The summed E-state index contributed by atoms with van der Waals surface area (Å²) in [6.45, 7) is 2.38. The summed E-state index contributed by atoms with van der Waals surface area (Å²) >= 11 is 0. The zero-order chi connectivity index (χ0) is 77.3. The molecule has 10 aromatic carbocycles. The first-order chi connectivity index (χ1) is 49.6. The van der Waals surface area contributed by atoms with E-state index in [9.17, 15) is 105 Å². The first kappa shape index (κ1) is 79.8. The van der Waals surface area contributed by atoms with Crippen LogP contribution in [-0.2, 0) is 60.3 Å². The summed E-state index contributed by atoms with van der Waals surface area (Å²) in [5.41, 5.74) is -30.2. The number of hydrogen-bond acceptors (Lipinski definition) is 6. The second-order valence-corrected chi connectivity index (χ2v) is 24.8. The molecule has 32 heteroatoms. The first-order valence-electron chi connectivity index (χ1n) is 30.9. The van der Waals surface area contributed by atoms with Crippen molar-refractivity contribution < 1.29 is 134 Å². The Kier molecular flexibility index (Phi) is 24.3. The number of hydrogen-bond donors (Lipinski definition) is 0. The van der Waals surface area contributed by atoms with Crippen molar-refractivity contribution in [3.8, 4) is 34.5 Å². The van der Waals surface area contributed by atoms with Crippen LogP contribution in [-0.4, -0.2) is 45.8 Å². The van der Waals surface area contributed by atoms with Gasteiger partial charge < -0.3 is 28.4 Å². The van der Waals surface area contributed by atoms with E-state index in [1.54, 1.807) is 0 Å². The van der Waals surface area contributed by atoms with Gasteiger partial charge in [0.2, 0.25) is 14.7 Å². The maximum absolute atomic E-state index is 14.2. The molecular formula is C74H51BF24O6S. The molecule has 6 nitrogen and oxygen atoms in total. The zero-order valence-electron chi connectivity index (χ0n) is 53.8. The molecule has 0 spiro atoms. The Balaban J connectivity index is 0.000000248. The van der Waals surface area contributed by atoms with Crippen LogP contribution in [0.5, 0.6) is 34.5 Å². The van der Waals surface area contributed by atoms with E-state index in [-0.39, 0.29) is 0 Å². The molecular weight excluding hydrogens is 1480 g/mol. The monoisotopic (exact) mass is 1530 g/mol. The van der Waals surface area contributed by atoms with E-state index < -0.39 is 206 Å². The summed E-state index contributed by atoms with van der Waals surface area (Å²) in [7, 11) is -0.671. The third-order valence-electron chi connectivity index (χ3n) is 15.7. The molecule has 0 saturated heterocycles. The van der Waals surface area contributed by atoms with E-state index in [0.29, 0.717) is 39.6 Å². The third kappa shape index (κ3) is 20.2. The molecule has 0 atom stereocenters. The second-order valence-electron chi connectivity index (χ2n) is 22.9. The highest BCUT2D eigenvalue weighted by Gasteiger charge is 2.48. The number of rotatable bonds is 22. The summed E-state index contributed by atoms with van der Waals surface area (Å²) < 4.78 is 378. The lowest BCUT2D eigenvalue weighted by Crippen LogP contribution is -2.75. The van der Waals surface area contributed by atoms with Crippen LogP contribution < -0.4 is 50.3 Å². The molecule has 106 heavy (non-hydrogen) atoms. The lowest BCUT2D eigenvalue weighted by molar-refractivity contribution is -0.144.